The Morgan fingerprint density at radius 2 is 1.88 bits per heavy atom. The lowest BCUT2D eigenvalue weighted by Gasteiger charge is -2.36. The summed E-state index contributed by atoms with van der Waals surface area (Å²) in [6.45, 7) is 8.94. The number of rotatable bonds is 4. The number of hydrogen-bond acceptors (Lipinski definition) is 3. The fraction of sp³-hybridized carbons (Fsp3) is 0.923. The van der Waals surface area contributed by atoms with Crippen LogP contribution in [0.2, 0.25) is 0 Å². The van der Waals surface area contributed by atoms with Crippen molar-refractivity contribution >= 4 is 5.91 Å². The Balaban J connectivity index is 2.49. The summed E-state index contributed by atoms with van der Waals surface area (Å²) in [6, 6.07) is 0. The van der Waals surface area contributed by atoms with E-state index in [0.29, 0.717) is 6.54 Å². The number of carbonyl (C=O) groups is 1. The van der Waals surface area contributed by atoms with Gasteiger partial charge in [0.15, 0.2) is 0 Å². The van der Waals surface area contributed by atoms with Gasteiger partial charge in [0.1, 0.15) is 0 Å². The molecule has 0 atom stereocenters. The summed E-state index contributed by atoms with van der Waals surface area (Å²) in [4.78, 5) is 14.4. The highest BCUT2D eigenvalue weighted by molar-refractivity contribution is 5.82. The number of likely N-dealkylation sites (N-methyl/N-ethyl adjacent to an activating group) is 1. The van der Waals surface area contributed by atoms with E-state index in [0.717, 1.165) is 25.9 Å². The molecule has 0 aliphatic carbocycles. The van der Waals surface area contributed by atoms with E-state index in [2.05, 4.69) is 36.3 Å². The summed E-state index contributed by atoms with van der Waals surface area (Å²) in [5, 5.41) is 6.40. The molecule has 1 aliphatic heterocycles. The summed E-state index contributed by atoms with van der Waals surface area (Å²) in [5.74, 6) is 0.203. The number of hydrogen-bond donors (Lipinski definition) is 2. The topological polar surface area (TPSA) is 44.4 Å². The molecule has 0 spiro atoms. The maximum atomic E-state index is 12.2. The Morgan fingerprint density at radius 3 is 2.35 bits per heavy atom. The van der Waals surface area contributed by atoms with Crippen LogP contribution >= 0.6 is 0 Å². The van der Waals surface area contributed by atoms with E-state index in [4.69, 9.17) is 0 Å². The fourth-order valence-electron chi connectivity index (χ4n) is 1.87. The minimum atomic E-state index is -0.187. The van der Waals surface area contributed by atoms with Gasteiger partial charge in [0.05, 0.1) is 0 Å². The summed E-state index contributed by atoms with van der Waals surface area (Å²) < 4.78 is 0. The van der Waals surface area contributed by atoms with Crippen LogP contribution in [0.15, 0.2) is 0 Å². The maximum Gasteiger partial charge on any atom is 0.226 e. The van der Waals surface area contributed by atoms with Crippen LogP contribution in [0.5, 0.6) is 0 Å². The third-order valence-corrected chi connectivity index (χ3v) is 4.15. The number of piperidine rings is 1. The molecule has 1 fully saturated rings. The molecule has 1 amide bonds. The molecule has 1 saturated heterocycles. The normalized spacial score (nSPS) is 20.4. The highest BCUT2D eigenvalue weighted by atomic mass is 16.2. The lowest BCUT2D eigenvalue weighted by Crippen LogP contribution is -2.52. The molecule has 4 nitrogen and oxygen atoms in total. The van der Waals surface area contributed by atoms with Crippen molar-refractivity contribution in [2.45, 2.75) is 39.2 Å². The third-order valence-electron chi connectivity index (χ3n) is 4.15. The molecule has 0 unspecified atom stereocenters. The Labute approximate surface area is 105 Å². The van der Waals surface area contributed by atoms with Crippen molar-refractivity contribution in [1.82, 2.24) is 15.5 Å². The van der Waals surface area contributed by atoms with Crippen molar-refractivity contribution in [3.63, 3.8) is 0 Å². The monoisotopic (exact) mass is 241 g/mol. The zero-order valence-electron chi connectivity index (χ0n) is 11.9. The minimum Gasteiger partial charge on any atom is -0.354 e. The van der Waals surface area contributed by atoms with Crippen LogP contribution < -0.4 is 10.6 Å². The van der Waals surface area contributed by atoms with Gasteiger partial charge in [-0.25, -0.2) is 0 Å². The van der Waals surface area contributed by atoms with E-state index in [-0.39, 0.29) is 16.9 Å². The van der Waals surface area contributed by atoms with Crippen LogP contribution in [-0.2, 0) is 4.79 Å². The number of amides is 1. The molecule has 0 radical (unpaired) electrons. The van der Waals surface area contributed by atoms with E-state index in [1.807, 2.05) is 14.1 Å². The zero-order chi connectivity index (χ0) is 13.1. The van der Waals surface area contributed by atoms with Gasteiger partial charge in [-0.05, 0) is 53.9 Å². The predicted octanol–water partition coefficient (Wildman–Crippen LogP) is 0.833. The quantitative estimate of drug-likeness (QED) is 0.766. The third kappa shape index (κ3) is 3.68. The highest BCUT2D eigenvalue weighted by Gasteiger charge is 2.35. The summed E-state index contributed by atoms with van der Waals surface area (Å²) in [5.41, 5.74) is -0.188. The van der Waals surface area contributed by atoms with E-state index >= 15 is 0 Å². The van der Waals surface area contributed by atoms with Gasteiger partial charge in [0.2, 0.25) is 5.91 Å². The molecule has 2 N–H and O–H groups in total. The Hall–Kier alpha value is -0.610. The molecule has 0 aromatic carbocycles. The fourth-order valence-corrected chi connectivity index (χ4v) is 1.87. The first-order chi connectivity index (χ1) is 7.78. The molecular formula is C13H27N3O. The van der Waals surface area contributed by atoms with Gasteiger partial charge in [-0.15, -0.1) is 0 Å². The van der Waals surface area contributed by atoms with E-state index in [1.54, 1.807) is 0 Å². The molecule has 0 saturated carbocycles. The lowest BCUT2D eigenvalue weighted by atomic mass is 9.80. The molecule has 4 heteroatoms. The maximum absolute atomic E-state index is 12.2. The first-order valence-electron chi connectivity index (χ1n) is 6.44. The highest BCUT2D eigenvalue weighted by Crippen LogP contribution is 2.28. The van der Waals surface area contributed by atoms with E-state index in [1.165, 1.54) is 0 Å². The van der Waals surface area contributed by atoms with Crippen molar-refractivity contribution in [2.24, 2.45) is 5.41 Å². The second kappa shape index (κ2) is 5.36. The number of nitrogens with one attached hydrogen (secondary N) is 2. The number of nitrogens with zero attached hydrogens (tertiary/aromatic N) is 1. The SMILES string of the molecule is CN(C)C(C)(C)CNC(=O)C1(C)CCNCC1. The Morgan fingerprint density at radius 1 is 1.35 bits per heavy atom. The smallest absolute Gasteiger partial charge is 0.226 e. The molecule has 0 aromatic heterocycles. The Bertz CT molecular complexity index is 268. The first-order valence-corrected chi connectivity index (χ1v) is 6.44. The van der Waals surface area contributed by atoms with Gasteiger partial charge < -0.3 is 15.5 Å². The van der Waals surface area contributed by atoms with Crippen LogP contribution in [0.3, 0.4) is 0 Å². The molecule has 1 heterocycles. The van der Waals surface area contributed by atoms with Crippen LogP contribution in [0.1, 0.15) is 33.6 Å². The zero-order valence-corrected chi connectivity index (χ0v) is 11.9. The molecule has 0 aromatic rings. The van der Waals surface area contributed by atoms with Crippen LogP contribution in [0, 0.1) is 5.41 Å². The molecule has 1 aliphatic rings. The molecular weight excluding hydrogens is 214 g/mol. The van der Waals surface area contributed by atoms with Crippen molar-refractivity contribution in [2.75, 3.05) is 33.7 Å². The van der Waals surface area contributed by atoms with E-state index in [9.17, 15) is 4.79 Å². The molecule has 0 bridgehead atoms. The summed E-state index contributed by atoms with van der Waals surface area (Å²) >= 11 is 0. The average Bonchev–Trinajstić information content (AvgIpc) is 2.26. The largest absolute Gasteiger partial charge is 0.354 e. The van der Waals surface area contributed by atoms with Crippen molar-refractivity contribution in [3.8, 4) is 0 Å². The van der Waals surface area contributed by atoms with Crippen LogP contribution in [-0.4, -0.2) is 50.1 Å². The van der Waals surface area contributed by atoms with Gasteiger partial charge >= 0.3 is 0 Å². The van der Waals surface area contributed by atoms with Gasteiger partial charge in [-0.2, -0.15) is 0 Å². The van der Waals surface area contributed by atoms with Crippen LogP contribution in [0.4, 0.5) is 0 Å². The second-order valence-corrected chi connectivity index (χ2v) is 6.20. The standard InChI is InChI=1S/C13H27N3O/c1-12(2,16(4)5)10-15-11(17)13(3)6-8-14-9-7-13/h14H,6-10H2,1-5H3,(H,15,17). The van der Waals surface area contributed by atoms with Crippen molar-refractivity contribution < 1.29 is 4.79 Å². The minimum absolute atomic E-state index is 0.00105. The molecule has 1 rings (SSSR count). The molecule has 100 valence electrons. The first kappa shape index (κ1) is 14.5. The summed E-state index contributed by atoms with van der Waals surface area (Å²) in [7, 11) is 4.08. The predicted molar refractivity (Wildman–Crippen MR) is 71.0 cm³/mol. The Kier molecular flexibility index (Phi) is 4.55. The lowest BCUT2D eigenvalue weighted by molar-refractivity contribution is -0.132. The van der Waals surface area contributed by atoms with E-state index < -0.39 is 0 Å². The van der Waals surface area contributed by atoms with Gasteiger partial charge in [-0.3, -0.25) is 4.79 Å². The van der Waals surface area contributed by atoms with Crippen molar-refractivity contribution in [3.05, 3.63) is 0 Å². The second-order valence-electron chi connectivity index (χ2n) is 6.20. The average molecular weight is 241 g/mol. The van der Waals surface area contributed by atoms with Gasteiger partial charge in [0.25, 0.3) is 0 Å². The van der Waals surface area contributed by atoms with Gasteiger partial charge in [0, 0.05) is 17.5 Å². The summed E-state index contributed by atoms with van der Waals surface area (Å²) in [6.07, 6.45) is 1.86. The number of carbonyl (C=O) groups excluding carboxylic acids is 1. The molecule has 17 heavy (non-hydrogen) atoms. The van der Waals surface area contributed by atoms with Crippen LogP contribution in [0.25, 0.3) is 0 Å². The van der Waals surface area contributed by atoms with Crippen molar-refractivity contribution in [1.29, 1.82) is 0 Å². The van der Waals surface area contributed by atoms with Gasteiger partial charge in [-0.1, -0.05) is 6.92 Å².